The van der Waals surface area contributed by atoms with Crippen molar-refractivity contribution < 1.29 is 4.79 Å². The molecule has 1 aromatic heterocycles. The molecule has 4 heteroatoms. The van der Waals surface area contributed by atoms with Gasteiger partial charge in [0.2, 0.25) is 6.08 Å². The molecule has 2 aliphatic rings. The normalized spacial score (nSPS) is 19.6. The lowest BCUT2D eigenvalue weighted by Gasteiger charge is -2.08. The van der Waals surface area contributed by atoms with Gasteiger partial charge in [-0.05, 0) is 37.0 Å². The third-order valence-electron chi connectivity index (χ3n) is 4.13. The van der Waals surface area contributed by atoms with Gasteiger partial charge in [0.1, 0.15) is 5.82 Å². The molecule has 2 heterocycles. The van der Waals surface area contributed by atoms with Gasteiger partial charge in [-0.3, -0.25) is 0 Å². The van der Waals surface area contributed by atoms with Gasteiger partial charge in [0, 0.05) is 13.0 Å². The predicted molar refractivity (Wildman–Crippen MR) is 67.1 cm³/mol. The molecule has 1 fully saturated rings. The van der Waals surface area contributed by atoms with Gasteiger partial charge >= 0.3 is 0 Å². The summed E-state index contributed by atoms with van der Waals surface area (Å²) in [6.45, 7) is 1.05. The van der Waals surface area contributed by atoms with Crippen molar-refractivity contribution in [1.82, 2.24) is 9.55 Å². The number of benzene rings is 1. The van der Waals surface area contributed by atoms with Crippen molar-refractivity contribution in [3.05, 3.63) is 29.6 Å². The number of carbonyl (C=O) groups excluding carboxylic acids is 1. The number of rotatable bonds is 2. The number of nitrogens with zero attached hydrogens (tertiary/aromatic N) is 3. The maximum atomic E-state index is 10.5. The minimum atomic E-state index is -0.279. The van der Waals surface area contributed by atoms with Crippen LogP contribution in [0.5, 0.6) is 0 Å². The van der Waals surface area contributed by atoms with Crippen LogP contribution in [-0.2, 0) is 23.3 Å². The SMILES string of the molecule is O=C=NC1(c2ccc3nc4n(c3c2)CCC4)CC1. The second-order valence-electron chi connectivity index (χ2n) is 5.22. The number of imidazole rings is 1. The van der Waals surface area contributed by atoms with Crippen molar-refractivity contribution in [1.29, 1.82) is 0 Å². The highest BCUT2D eigenvalue weighted by Crippen LogP contribution is 2.49. The van der Waals surface area contributed by atoms with E-state index in [4.69, 9.17) is 0 Å². The van der Waals surface area contributed by atoms with Crippen LogP contribution in [0.25, 0.3) is 11.0 Å². The first-order chi connectivity index (χ1) is 8.82. The summed E-state index contributed by atoms with van der Waals surface area (Å²) in [5, 5.41) is 0. The fraction of sp³-hybridized carbons (Fsp3) is 0.429. The largest absolute Gasteiger partial charge is 0.328 e. The average Bonchev–Trinajstić information content (AvgIpc) is 2.87. The highest BCUT2D eigenvalue weighted by Gasteiger charge is 2.45. The monoisotopic (exact) mass is 239 g/mol. The number of aliphatic imine (C=N–C) groups is 1. The minimum Gasteiger partial charge on any atom is -0.328 e. The highest BCUT2D eigenvalue weighted by atomic mass is 16.1. The minimum absolute atomic E-state index is 0.279. The number of hydrogen-bond acceptors (Lipinski definition) is 3. The van der Waals surface area contributed by atoms with Crippen LogP contribution in [0.3, 0.4) is 0 Å². The lowest BCUT2D eigenvalue weighted by Crippen LogP contribution is -2.02. The van der Waals surface area contributed by atoms with Gasteiger partial charge in [-0.1, -0.05) is 6.07 Å². The Balaban J connectivity index is 1.91. The van der Waals surface area contributed by atoms with Crippen LogP contribution >= 0.6 is 0 Å². The molecule has 2 aromatic rings. The van der Waals surface area contributed by atoms with Crippen LogP contribution < -0.4 is 0 Å². The van der Waals surface area contributed by atoms with Gasteiger partial charge in [-0.2, -0.15) is 4.99 Å². The topological polar surface area (TPSA) is 47.2 Å². The van der Waals surface area contributed by atoms with Crippen molar-refractivity contribution in [3.63, 3.8) is 0 Å². The number of isocyanates is 1. The fourth-order valence-corrected chi connectivity index (χ4v) is 2.97. The zero-order valence-electron chi connectivity index (χ0n) is 10.0. The zero-order valence-corrected chi connectivity index (χ0v) is 10.0. The van der Waals surface area contributed by atoms with Crippen LogP contribution in [0, 0.1) is 0 Å². The molecule has 18 heavy (non-hydrogen) atoms. The first-order valence-corrected chi connectivity index (χ1v) is 6.41. The summed E-state index contributed by atoms with van der Waals surface area (Å²) in [5.74, 6) is 1.19. The molecule has 0 amide bonds. The molecule has 90 valence electrons. The van der Waals surface area contributed by atoms with E-state index in [0.717, 1.165) is 36.9 Å². The summed E-state index contributed by atoms with van der Waals surface area (Å²) in [5.41, 5.74) is 3.10. The van der Waals surface area contributed by atoms with Crippen molar-refractivity contribution in [2.24, 2.45) is 4.99 Å². The van der Waals surface area contributed by atoms with E-state index in [9.17, 15) is 4.79 Å². The van der Waals surface area contributed by atoms with Crippen LogP contribution in [-0.4, -0.2) is 15.6 Å². The number of aromatic nitrogens is 2. The predicted octanol–water partition coefficient (Wildman–Crippen LogP) is 2.31. The zero-order chi connectivity index (χ0) is 12.2. The molecule has 0 spiro atoms. The molecule has 0 atom stereocenters. The molecule has 4 rings (SSSR count). The van der Waals surface area contributed by atoms with E-state index in [0.29, 0.717) is 0 Å². The van der Waals surface area contributed by atoms with E-state index in [-0.39, 0.29) is 5.54 Å². The maximum absolute atomic E-state index is 10.5. The second kappa shape index (κ2) is 3.30. The Bertz CT molecular complexity index is 690. The lowest BCUT2D eigenvalue weighted by atomic mass is 10.0. The lowest BCUT2D eigenvalue weighted by molar-refractivity contribution is 0.556. The van der Waals surface area contributed by atoms with Gasteiger partial charge in [0.15, 0.2) is 0 Å². The van der Waals surface area contributed by atoms with E-state index in [2.05, 4.69) is 32.7 Å². The molecule has 1 aliphatic heterocycles. The molecule has 0 N–H and O–H groups in total. The standard InChI is InChI=1S/C14H13N3O/c18-9-15-14(5-6-14)10-3-4-11-12(8-10)17-7-1-2-13(17)16-11/h3-4,8H,1-2,5-7H2. The van der Waals surface area contributed by atoms with Crippen molar-refractivity contribution in [2.75, 3.05) is 0 Å². The van der Waals surface area contributed by atoms with Gasteiger partial charge in [-0.25, -0.2) is 9.78 Å². The van der Waals surface area contributed by atoms with Crippen LogP contribution in [0.15, 0.2) is 23.2 Å². The van der Waals surface area contributed by atoms with Crippen LogP contribution in [0.4, 0.5) is 0 Å². The Hall–Kier alpha value is -1.93. The molecule has 1 aromatic carbocycles. The molecule has 0 saturated heterocycles. The Morgan fingerprint density at radius 3 is 3.06 bits per heavy atom. The molecule has 0 radical (unpaired) electrons. The molecule has 4 nitrogen and oxygen atoms in total. The molecule has 1 aliphatic carbocycles. The summed E-state index contributed by atoms with van der Waals surface area (Å²) in [4.78, 5) is 19.2. The van der Waals surface area contributed by atoms with Crippen LogP contribution in [0.2, 0.25) is 0 Å². The van der Waals surface area contributed by atoms with Gasteiger partial charge in [0.05, 0.1) is 16.6 Å². The molecule has 1 saturated carbocycles. The Morgan fingerprint density at radius 1 is 1.39 bits per heavy atom. The summed E-state index contributed by atoms with van der Waals surface area (Å²) in [6.07, 6.45) is 5.87. The van der Waals surface area contributed by atoms with E-state index in [1.54, 1.807) is 6.08 Å². The average molecular weight is 239 g/mol. The van der Waals surface area contributed by atoms with Gasteiger partial charge in [-0.15, -0.1) is 0 Å². The summed E-state index contributed by atoms with van der Waals surface area (Å²) in [6, 6.07) is 6.26. The smallest absolute Gasteiger partial charge is 0.235 e. The third-order valence-corrected chi connectivity index (χ3v) is 4.13. The third kappa shape index (κ3) is 1.24. The molecular weight excluding hydrogens is 226 g/mol. The summed E-state index contributed by atoms with van der Waals surface area (Å²) < 4.78 is 2.29. The summed E-state index contributed by atoms with van der Waals surface area (Å²) in [7, 11) is 0. The number of aryl methyl sites for hydroxylation is 2. The first kappa shape index (κ1) is 10.0. The quantitative estimate of drug-likeness (QED) is 0.596. The fourth-order valence-electron chi connectivity index (χ4n) is 2.97. The molecule has 0 unspecified atom stereocenters. The van der Waals surface area contributed by atoms with E-state index < -0.39 is 0 Å². The van der Waals surface area contributed by atoms with Crippen LogP contribution in [0.1, 0.15) is 30.7 Å². The summed E-state index contributed by atoms with van der Waals surface area (Å²) >= 11 is 0. The Morgan fingerprint density at radius 2 is 2.28 bits per heavy atom. The molecule has 0 bridgehead atoms. The van der Waals surface area contributed by atoms with E-state index in [1.807, 2.05) is 0 Å². The van der Waals surface area contributed by atoms with Crippen molar-refractivity contribution in [3.8, 4) is 0 Å². The van der Waals surface area contributed by atoms with Crippen molar-refractivity contribution >= 4 is 17.1 Å². The number of fused-ring (bicyclic) bond motifs is 3. The molecular formula is C14H13N3O. The van der Waals surface area contributed by atoms with E-state index >= 15 is 0 Å². The van der Waals surface area contributed by atoms with Gasteiger partial charge < -0.3 is 4.57 Å². The number of hydrogen-bond donors (Lipinski definition) is 0. The first-order valence-electron chi connectivity index (χ1n) is 6.41. The highest BCUT2D eigenvalue weighted by molar-refractivity contribution is 5.78. The van der Waals surface area contributed by atoms with Crippen molar-refractivity contribution in [2.45, 2.75) is 37.8 Å². The second-order valence-corrected chi connectivity index (χ2v) is 5.22. The Kier molecular flexibility index (Phi) is 1.84. The Labute approximate surface area is 104 Å². The van der Waals surface area contributed by atoms with Gasteiger partial charge in [0.25, 0.3) is 0 Å². The maximum Gasteiger partial charge on any atom is 0.235 e. The van der Waals surface area contributed by atoms with E-state index in [1.165, 1.54) is 17.8 Å².